The van der Waals surface area contributed by atoms with E-state index in [0.29, 0.717) is 32.4 Å². The van der Waals surface area contributed by atoms with E-state index in [4.69, 9.17) is 4.74 Å². The molecule has 1 aliphatic rings. The summed E-state index contributed by atoms with van der Waals surface area (Å²) in [7, 11) is 0. The number of aromatic nitrogens is 1. The Bertz CT molecular complexity index is 588. The molecule has 5 nitrogen and oxygen atoms in total. The maximum atomic E-state index is 12.1. The van der Waals surface area contributed by atoms with Gasteiger partial charge in [-0.1, -0.05) is 6.07 Å². The van der Waals surface area contributed by atoms with Crippen molar-refractivity contribution < 1.29 is 9.53 Å². The van der Waals surface area contributed by atoms with Gasteiger partial charge in [-0.25, -0.2) is 4.79 Å². The molecule has 0 aromatic carbocycles. The number of nitrogens with zero attached hydrogens (tertiary/aromatic N) is 3. The van der Waals surface area contributed by atoms with Crippen LogP contribution < -0.4 is 0 Å². The predicted octanol–water partition coefficient (Wildman–Crippen LogP) is 3.47. The quantitative estimate of drug-likeness (QED) is 0.838. The van der Waals surface area contributed by atoms with Crippen LogP contribution in [0.1, 0.15) is 44.9 Å². The highest BCUT2D eigenvalue weighted by atomic mass is 16.6. The molecule has 2 heterocycles. The molecular weight excluding hydrogens is 290 g/mol. The first-order valence-electron chi connectivity index (χ1n) is 8.04. The molecule has 1 aromatic rings. The number of aryl methyl sites for hydroxylation is 1. The van der Waals surface area contributed by atoms with Crippen LogP contribution in [0.4, 0.5) is 4.79 Å². The van der Waals surface area contributed by atoms with Gasteiger partial charge < -0.3 is 9.64 Å². The van der Waals surface area contributed by atoms with Crippen LogP contribution in [0.2, 0.25) is 0 Å². The molecule has 0 aliphatic carbocycles. The van der Waals surface area contributed by atoms with Crippen molar-refractivity contribution in [3.8, 4) is 6.07 Å². The van der Waals surface area contributed by atoms with Crippen molar-refractivity contribution in [3.63, 3.8) is 0 Å². The Kier molecular flexibility index (Phi) is 4.93. The highest BCUT2D eigenvalue weighted by Crippen LogP contribution is 2.34. The lowest BCUT2D eigenvalue weighted by molar-refractivity contribution is 0.0148. The Hall–Kier alpha value is -2.09. The van der Waals surface area contributed by atoms with E-state index in [1.165, 1.54) is 0 Å². The maximum absolute atomic E-state index is 12.1. The van der Waals surface area contributed by atoms with Crippen LogP contribution in [0.25, 0.3) is 0 Å². The molecule has 1 amide bonds. The fourth-order valence-corrected chi connectivity index (χ4v) is 2.77. The van der Waals surface area contributed by atoms with Crippen molar-refractivity contribution in [2.24, 2.45) is 5.41 Å². The molecule has 2 rings (SSSR count). The Morgan fingerprint density at radius 2 is 2.04 bits per heavy atom. The summed E-state index contributed by atoms with van der Waals surface area (Å²) in [4.78, 5) is 18.1. The van der Waals surface area contributed by atoms with Gasteiger partial charge in [0.15, 0.2) is 0 Å². The fourth-order valence-electron chi connectivity index (χ4n) is 2.77. The zero-order valence-electron chi connectivity index (χ0n) is 14.4. The lowest BCUT2D eigenvalue weighted by Crippen LogP contribution is -2.45. The van der Waals surface area contributed by atoms with Crippen molar-refractivity contribution in [2.75, 3.05) is 13.1 Å². The van der Waals surface area contributed by atoms with Crippen LogP contribution >= 0.6 is 0 Å². The zero-order chi connectivity index (χ0) is 17.1. The van der Waals surface area contributed by atoms with E-state index in [1.807, 2.05) is 46.0 Å². The largest absolute Gasteiger partial charge is 0.444 e. The molecule has 1 aliphatic heterocycles. The number of carbonyl (C=O) groups excluding carboxylic acids is 1. The van der Waals surface area contributed by atoms with E-state index < -0.39 is 11.0 Å². The van der Waals surface area contributed by atoms with E-state index in [2.05, 4.69) is 11.1 Å². The van der Waals surface area contributed by atoms with Crippen LogP contribution in [0.3, 0.4) is 0 Å². The minimum Gasteiger partial charge on any atom is -0.444 e. The molecule has 0 unspecified atom stereocenters. The van der Waals surface area contributed by atoms with Crippen LogP contribution in [-0.2, 0) is 11.2 Å². The number of pyridine rings is 1. The van der Waals surface area contributed by atoms with Crippen molar-refractivity contribution in [1.29, 1.82) is 5.26 Å². The number of amides is 1. The number of ether oxygens (including phenoxy) is 1. The molecule has 1 aromatic heterocycles. The number of carbonyl (C=O) groups is 1. The summed E-state index contributed by atoms with van der Waals surface area (Å²) < 4.78 is 5.40. The van der Waals surface area contributed by atoms with E-state index in [0.717, 1.165) is 11.3 Å². The summed E-state index contributed by atoms with van der Waals surface area (Å²) in [6.07, 6.45) is 3.56. The van der Waals surface area contributed by atoms with Gasteiger partial charge in [0.25, 0.3) is 0 Å². The van der Waals surface area contributed by atoms with Crippen LogP contribution in [-0.4, -0.2) is 34.7 Å². The van der Waals surface area contributed by atoms with Gasteiger partial charge in [0.1, 0.15) is 5.60 Å². The average molecular weight is 315 g/mol. The SMILES string of the molecule is Cc1ccc(CC2(C#N)CCN(C(=O)OC(C)(C)C)CC2)cn1. The lowest BCUT2D eigenvalue weighted by atomic mass is 9.75. The maximum Gasteiger partial charge on any atom is 0.410 e. The fraction of sp³-hybridized carbons (Fsp3) is 0.611. The molecule has 1 fully saturated rings. The van der Waals surface area contributed by atoms with Crippen molar-refractivity contribution >= 4 is 6.09 Å². The van der Waals surface area contributed by atoms with Crippen LogP contribution in [0.5, 0.6) is 0 Å². The predicted molar refractivity (Wildman–Crippen MR) is 87.8 cm³/mol. The number of nitriles is 1. The number of hydrogen-bond acceptors (Lipinski definition) is 4. The highest BCUT2D eigenvalue weighted by molar-refractivity contribution is 5.68. The average Bonchev–Trinajstić information content (AvgIpc) is 2.48. The number of likely N-dealkylation sites (tertiary alicyclic amines) is 1. The molecule has 124 valence electrons. The topological polar surface area (TPSA) is 66.2 Å². The normalized spacial score (nSPS) is 17.4. The van der Waals surface area contributed by atoms with E-state index in [1.54, 1.807) is 4.90 Å². The first-order chi connectivity index (χ1) is 10.7. The molecule has 0 bridgehead atoms. The van der Waals surface area contributed by atoms with Crippen molar-refractivity contribution in [2.45, 2.75) is 52.6 Å². The molecule has 0 spiro atoms. The molecule has 0 N–H and O–H groups in total. The monoisotopic (exact) mass is 315 g/mol. The third kappa shape index (κ3) is 4.69. The second-order valence-corrected chi connectivity index (χ2v) is 7.34. The van der Waals surface area contributed by atoms with Gasteiger partial charge in [0.2, 0.25) is 0 Å². The number of rotatable bonds is 2. The molecular formula is C18H25N3O2. The standard InChI is InChI=1S/C18H25N3O2/c1-14-5-6-15(12-20-14)11-18(13-19)7-9-21(10-8-18)16(22)23-17(2,3)4/h5-6,12H,7-11H2,1-4H3. The smallest absolute Gasteiger partial charge is 0.410 e. The first-order valence-corrected chi connectivity index (χ1v) is 8.04. The summed E-state index contributed by atoms with van der Waals surface area (Å²) in [5.74, 6) is 0. The Morgan fingerprint density at radius 3 is 2.52 bits per heavy atom. The molecule has 0 saturated carbocycles. The second-order valence-electron chi connectivity index (χ2n) is 7.34. The lowest BCUT2D eigenvalue weighted by Gasteiger charge is -2.37. The third-order valence-corrected chi connectivity index (χ3v) is 4.12. The molecule has 23 heavy (non-hydrogen) atoms. The van der Waals surface area contributed by atoms with Gasteiger partial charge in [0.05, 0.1) is 11.5 Å². The Morgan fingerprint density at radius 1 is 1.39 bits per heavy atom. The summed E-state index contributed by atoms with van der Waals surface area (Å²) in [6.45, 7) is 8.64. The molecule has 5 heteroatoms. The summed E-state index contributed by atoms with van der Waals surface area (Å²) >= 11 is 0. The third-order valence-electron chi connectivity index (χ3n) is 4.12. The van der Waals surface area contributed by atoms with Gasteiger partial charge in [-0.2, -0.15) is 5.26 Å². The van der Waals surface area contributed by atoms with Crippen molar-refractivity contribution in [3.05, 3.63) is 29.6 Å². The Balaban J connectivity index is 1.98. The summed E-state index contributed by atoms with van der Waals surface area (Å²) in [5.41, 5.74) is 1.13. The van der Waals surface area contributed by atoms with Gasteiger partial charge in [-0.3, -0.25) is 4.98 Å². The minimum atomic E-state index is -0.492. The number of hydrogen-bond donors (Lipinski definition) is 0. The van der Waals surface area contributed by atoms with E-state index >= 15 is 0 Å². The highest BCUT2D eigenvalue weighted by Gasteiger charge is 2.37. The number of piperidine rings is 1. The van der Waals surface area contributed by atoms with Gasteiger partial charge >= 0.3 is 6.09 Å². The second kappa shape index (κ2) is 6.57. The zero-order valence-corrected chi connectivity index (χ0v) is 14.4. The van der Waals surface area contributed by atoms with E-state index in [9.17, 15) is 10.1 Å². The molecule has 1 saturated heterocycles. The van der Waals surface area contributed by atoms with E-state index in [-0.39, 0.29) is 6.09 Å². The van der Waals surface area contributed by atoms with Crippen molar-refractivity contribution in [1.82, 2.24) is 9.88 Å². The van der Waals surface area contributed by atoms with Crippen LogP contribution in [0, 0.1) is 23.7 Å². The first kappa shape index (κ1) is 17.3. The minimum absolute atomic E-state index is 0.291. The Labute approximate surface area is 138 Å². The summed E-state index contributed by atoms with van der Waals surface area (Å²) in [5, 5.41) is 9.66. The molecule has 0 radical (unpaired) electrons. The van der Waals surface area contributed by atoms with Gasteiger partial charge in [0, 0.05) is 25.0 Å². The van der Waals surface area contributed by atoms with Gasteiger partial charge in [-0.15, -0.1) is 0 Å². The van der Waals surface area contributed by atoms with Crippen LogP contribution in [0.15, 0.2) is 18.3 Å². The molecule has 0 atom stereocenters. The van der Waals surface area contributed by atoms with Gasteiger partial charge in [-0.05, 0) is 58.6 Å². The summed E-state index contributed by atoms with van der Waals surface area (Å²) in [6, 6.07) is 6.48.